The van der Waals surface area contributed by atoms with Gasteiger partial charge in [0.1, 0.15) is 0 Å². The molecule has 2 nitrogen and oxygen atoms in total. The molecule has 214 valence electrons. The topological polar surface area (TPSA) is 9.86 Å². The normalized spacial score (nSPS) is 11.9. The highest BCUT2D eigenvalue weighted by atomic mass is 15.0. The van der Waals surface area contributed by atoms with Gasteiger partial charge in [-0.25, -0.2) is 0 Å². The van der Waals surface area contributed by atoms with E-state index < -0.39 is 0 Å². The van der Waals surface area contributed by atoms with Gasteiger partial charge in [0.2, 0.25) is 0 Å². The lowest BCUT2D eigenvalue weighted by atomic mass is 9.98. The molecule has 0 unspecified atom stereocenters. The molecule has 0 N–H and O–H groups in total. The third-order valence-electron chi connectivity index (χ3n) is 9.68. The van der Waals surface area contributed by atoms with Crippen LogP contribution in [-0.2, 0) is 0 Å². The maximum absolute atomic E-state index is 2.44. The van der Waals surface area contributed by atoms with Crippen LogP contribution in [0.5, 0.6) is 0 Å². The molecule has 0 radical (unpaired) electrons. The average Bonchev–Trinajstić information content (AvgIpc) is 3.64. The van der Waals surface area contributed by atoms with E-state index in [4.69, 9.17) is 0 Å². The molecule has 0 aliphatic carbocycles. The summed E-state index contributed by atoms with van der Waals surface area (Å²) < 4.78 is 4.87. The number of para-hydroxylation sites is 3. The van der Waals surface area contributed by atoms with E-state index in [2.05, 4.69) is 179 Å². The summed E-state index contributed by atoms with van der Waals surface area (Å²) in [6, 6.07) is 62.0. The summed E-state index contributed by atoms with van der Waals surface area (Å²) in [6.07, 6.45) is 0. The minimum atomic E-state index is 1.16. The Labute approximate surface area is 266 Å². The summed E-state index contributed by atoms with van der Waals surface area (Å²) in [5.41, 5.74) is 9.70. The molecule has 0 saturated carbocycles. The van der Waals surface area contributed by atoms with E-state index in [-0.39, 0.29) is 0 Å². The first-order chi connectivity index (χ1) is 22.8. The SMILES string of the molecule is c1ccc(-n2c3ccccc3c3ccc4cc5c6ccccc6n(-c6ccc(-c7cccc8ccccc78)cc6)c5cc4c32)cc1. The van der Waals surface area contributed by atoms with Crippen molar-refractivity contribution in [2.75, 3.05) is 0 Å². The first-order valence-electron chi connectivity index (χ1n) is 15.9. The number of nitrogens with zero attached hydrogens (tertiary/aromatic N) is 2. The van der Waals surface area contributed by atoms with Crippen LogP contribution in [0.3, 0.4) is 0 Å². The van der Waals surface area contributed by atoms with Gasteiger partial charge in [0, 0.05) is 38.3 Å². The van der Waals surface area contributed by atoms with Crippen molar-refractivity contribution in [2.24, 2.45) is 0 Å². The highest BCUT2D eigenvalue weighted by molar-refractivity contribution is 6.22. The second kappa shape index (κ2) is 9.69. The van der Waals surface area contributed by atoms with E-state index in [0.717, 1.165) is 5.69 Å². The molecule has 8 aromatic carbocycles. The molecule has 10 rings (SSSR count). The van der Waals surface area contributed by atoms with Gasteiger partial charge in [0.05, 0.1) is 22.1 Å². The quantitative estimate of drug-likeness (QED) is 0.195. The first kappa shape index (κ1) is 25.2. The average molecular weight is 585 g/mol. The minimum Gasteiger partial charge on any atom is -0.309 e. The third-order valence-corrected chi connectivity index (χ3v) is 9.68. The molecule has 0 fully saturated rings. The van der Waals surface area contributed by atoms with Gasteiger partial charge in [-0.1, -0.05) is 121 Å². The van der Waals surface area contributed by atoms with E-state index in [1.54, 1.807) is 0 Å². The molecule has 0 aliphatic rings. The lowest BCUT2D eigenvalue weighted by molar-refractivity contribution is 1.18. The molecule has 2 aromatic heterocycles. The fraction of sp³-hybridized carbons (Fsp3) is 0. The number of rotatable bonds is 3. The summed E-state index contributed by atoms with van der Waals surface area (Å²) in [7, 11) is 0. The zero-order valence-electron chi connectivity index (χ0n) is 25.1. The maximum Gasteiger partial charge on any atom is 0.0620 e. The highest BCUT2D eigenvalue weighted by Gasteiger charge is 2.18. The molecule has 2 heteroatoms. The summed E-state index contributed by atoms with van der Waals surface area (Å²) in [5.74, 6) is 0. The first-order valence-corrected chi connectivity index (χ1v) is 15.9. The maximum atomic E-state index is 2.44. The van der Waals surface area contributed by atoms with Gasteiger partial charge in [-0.15, -0.1) is 0 Å². The van der Waals surface area contributed by atoms with Gasteiger partial charge in [0.25, 0.3) is 0 Å². The smallest absolute Gasteiger partial charge is 0.0620 e. The van der Waals surface area contributed by atoms with Crippen molar-refractivity contribution in [3.63, 3.8) is 0 Å². The Hall–Kier alpha value is -6.12. The van der Waals surface area contributed by atoms with Crippen molar-refractivity contribution in [3.05, 3.63) is 170 Å². The summed E-state index contributed by atoms with van der Waals surface area (Å²) >= 11 is 0. The van der Waals surface area contributed by atoms with E-state index in [1.807, 2.05) is 0 Å². The monoisotopic (exact) mass is 584 g/mol. The molecule has 0 atom stereocenters. The van der Waals surface area contributed by atoms with Gasteiger partial charge >= 0.3 is 0 Å². The van der Waals surface area contributed by atoms with E-state index in [9.17, 15) is 0 Å². The third kappa shape index (κ3) is 3.59. The Kier molecular flexibility index (Phi) is 5.31. The molecular formula is C44H28N2. The number of aromatic nitrogens is 2. The van der Waals surface area contributed by atoms with Crippen molar-refractivity contribution in [2.45, 2.75) is 0 Å². The largest absolute Gasteiger partial charge is 0.309 e. The van der Waals surface area contributed by atoms with E-state index >= 15 is 0 Å². The zero-order valence-corrected chi connectivity index (χ0v) is 25.1. The predicted molar refractivity (Wildman–Crippen MR) is 196 cm³/mol. The number of hydrogen-bond acceptors (Lipinski definition) is 0. The Bertz CT molecular complexity index is 2770. The van der Waals surface area contributed by atoms with Crippen LogP contribution in [0, 0.1) is 0 Å². The molecule has 10 aromatic rings. The van der Waals surface area contributed by atoms with Gasteiger partial charge < -0.3 is 9.13 Å². The molecule has 2 heterocycles. The van der Waals surface area contributed by atoms with Crippen LogP contribution in [0.25, 0.3) is 87.7 Å². The zero-order chi connectivity index (χ0) is 30.2. The van der Waals surface area contributed by atoms with Crippen LogP contribution in [0.15, 0.2) is 170 Å². The fourth-order valence-corrected chi connectivity index (χ4v) is 7.64. The van der Waals surface area contributed by atoms with Crippen molar-refractivity contribution in [3.8, 4) is 22.5 Å². The summed E-state index contributed by atoms with van der Waals surface area (Å²) in [5, 5.41) is 10.1. The summed E-state index contributed by atoms with van der Waals surface area (Å²) in [6.45, 7) is 0. The standard InChI is InChI=1S/C44H28N2/c1-2-13-32(14-3-1)46-42-20-9-6-16-36(42)38-26-23-31-27-40-37-17-7-8-19-41(37)45(43(40)28-39(31)44(38)46)33-24-21-30(22-25-33)35-18-10-12-29-11-4-5-15-34(29)35/h1-28H. The second-order valence-electron chi connectivity index (χ2n) is 12.2. The molecule has 0 bridgehead atoms. The number of benzene rings is 8. The molecule has 0 amide bonds. The second-order valence-corrected chi connectivity index (χ2v) is 12.2. The minimum absolute atomic E-state index is 1.16. The molecule has 0 saturated heterocycles. The fourth-order valence-electron chi connectivity index (χ4n) is 7.64. The van der Waals surface area contributed by atoms with Crippen LogP contribution >= 0.6 is 0 Å². The molecule has 0 spiro atoms. The number of fused-ring (bicyclic) bond motifs is 9. The van der Waals surface area contributed by atoms with Gasteiger partial charge in [-0.2, -0.15) is 0 Å². The Morgan fingerprint density at radius 3 is 1.74 bits per heavy atom. The van der Waals surface area contributed by atoms with E-state index in [1.165, 1.54) is 82.0 Å². The molecule has 46 heavy (non-hydrogen) atoms. The van der Waals surface area contributed by atoms with Crippen molar-refractivity contribution in [1.82, 2.24) is 9.13 Å². The Morgan fingerprint density at radius 2 is 0.935 bits per heavy atom. The van der Waals surface area contributed by atoms with Crippen molar-refractivity contribution in [1.29, 1.82) is 0 Å². The van der Waals surface area contributed by atoms with E-state index in [0.29, 0.717) is 0 Å². The van der Waals surface area contributed by atoms with Gasteiger partial charge in [-0.05, 0) is 75.8 Å². The predicted octanol–water partition coefficient (Wildman–Crippen LogP) is 11.9. The molecular weight excluding hydrogens is 556 g/mol. The lowest BCUT2D eigenvalue weighted by Gasteiger charge is -2.12. The van der Waals surface area contributed by atoms with Crippen LogP contribution < -0.4 is 0 Å². The van der Waals surface area contributed by atoms with Crippen molar-refractivity contribution < 1.29 is 0 Å². The Balaban J connectivity index is 1.26. The highest BCUT2D eigenvalue weighted by Crippen LogP contribution is 2.41. The summed E-state index contributed by atoms with van der Waals surface area (Å²) in [4.78, 5) is 0. The number of hydrogen-bond donors (Lipinski definition) is 0. The van der Waals surface area contributed by atoms with Crippen LogP contribution in [0.1, 0.15) is 0 Å². The van der Waals surface area contributed by atoms with Gasteiger partial charge in [0.15, 0.2) is 0 Å². The van der Waals surface area contributed by atoms with Crippen molar-refractivity contribution >= 4 is 65.2 Å². The molecule has 0 aliphatic heterocycles. The lowest BCUT2D eigenvalue weighted by Crippen LogP contribution is -1.95. The van der Waals surface area contributed by atoms with Crippen LogP contribution in [-0.4, -0.2) is 9.13 Å². The van der Waals surface area contributed by atoms with Gasteiger partial charge in [-0.3, -0.25) is 0 Å². The van der Waals surface area contributed by atoms with Crippen LogP contribution in [0.2, 0.25) is 0 Å². The Morgan fingerprint density at radius 1 is 0.304 bits per heavy atom. The van der Waals surface area contributed by atoms with Crippen LogP contribution in [0.4, 0.5) is 0 Å².